The van der Waals surface area contributed by atoms with Crippen LogP contribution in [0.2, 0.25) is 0 Å². The molecular weight excluding hydrogens is 356 g/mol. The molecule has 142 valence electrons. The zero-order chi connectivity index (χ0) is 19.4. The molecule has 1 aromatic carbocycles. The van der Waals surface area contributed by atoms with E-state index in [1.165, 1.54) is 4.68 Å². The van der Waals surface area contributed by atoms with Gasteiger partial charge in [0, 0.05) is 49.7 Å². The van der Waals surface area contributed by atoms with Crippen LogP contribution in [0.5, 0.6) is 0 Å². The van der Waals surface area contributed by atoms with Gasteiger partial charge in [-0.3, -0.25) is 14.4 Å². The van der Waals surface area contributed by atoms with Crippen LogP contribution in [-0.2, 0) is 13.6 Å². The third-order valence-electron chi connectivity index (χ3n) is 5.93. The topological polar surface area (TPSA) is 77.2 Å². The van der Waals surface area contributed by atoms with Crippen molar-refractivity contribution < 1.29 is 4.79 Å². The van der Waals surface area contributed by atoms with Gasteiger partial charge in [0.15, 0.2) is 5.69 Å². The smallest absolute Gasteiger partial charge is 0.274 e. The number of likely N-dealkylation sites (tertiary alicyclic amines) is 1. The lowest BCUT2D eigenvalue weighted by Gasteiger charge is -2.42. The number of aromatic nitrogens is 3. The molecule has 2 bridgehead atoms. The zero-order valence-corrected chi connectivity index (χ0v) is 15.5. The Balaban J connectivity index is 1.55. The maximum absolute atomic E-state index is 13.4. The van der Waals surface area contributed by atoms with Crippen LogP contribution in [0.25, 0.3) is 10.8 Å². The average Bonchev–Trinajstić information content (AvgIpc) is 2.71. The van der Waals surface area contributed by atoms with Gasteiger partial charge in [-0.2, -0.15) is 5.10 Å². The average molecular weight is 376 g/mol. The number of amides is 1. The monoisotopic (exact) mass is 376 g/mol. The van der Waals surface area contributed by atoms with Gasteiger partial charge in [-0.15, -0.1) is 0 Å². The highest BCUT2D eigenvalue weighted by Gasteiger charge is 2.37. The maximum Gasteiger partial charge on any atom is 0.274 e. The molecule has 0 spiro atoms. The van der Waals surface area contributed by atoms with Crippen molar-refractivity contribution in [2.75, 3.05) is 13.1 Å². The number of hydrogen-bond donors (Lipinski definition) is 0. The second-order valence-corrected chi connectivity index (χ2v) is 7.73. The van der Waals surface area contributed by atoms with Gasteiger partial charge in [-0.25, -0.2) is 4.68 Å². The lowest BCUT2D eigenvalue weighted by molar-refractivity contribution is 0.0588. The molecule has 1 fully saturated rings. The summed E-state index contributed by atoms with van der Waals surface area (Å²) in [4.78, 5) is 39.7. The summed E-state index contributed by atoms with van der Waals surface area (Å²) in [6.45, 7) is 1.78. The molecule has 4 heterocycles. The van der Waals surface area contributed by atoms with Crippen LogP contribution in [-0.4, -0.2) is 38.2 Å². The number of hydrogen-bond acceptors (Lipinski definition) is 4. The Morgan fingerprint density at radius 3 is 2.61 bits per heavy atom. The molecule has 0 unspecified atom stereocenters. The lowest BCUT2D eigenvalue weighted by atomic mass is 9.83. The minimum atomic E-state index is -0.212. The molecular formula is C21H20N4O3. The summed E-state index contributed by atoms with van der Waals surface area (Å²) in [5.41, 5.74) is 1.12. The highest BCUT2D eigenvalue weighted by molar-refractivity contribution is 6.04. The molecule has 1 saturated heterocycles. The van der Waals surface area contributed by atoms with Crippen LogP contribution in [0.4, 0.5) is 0 Å². The highest BCUT2D eigenvalue weighted by atomic mass is 16.2. The van der Waals surface area contributed by atoms with Gasteiger partial charge in [0.1, 0.15) is 0 Å². The fourth-order valence-corrected chi connectivity index (χ4v) is 4.67. The third-order valence-corrected chi connectivity index (χ3v) is 5.93. The van der Waals surface area contributed by atoms with E-state index >= 15 is 0 Å². The van der Waals surface area contributed by atoms with Crippen molar-refractivity contribution in [2.45, 2.75) is 18.9 Å². The number of aryl methyl sites for hydroxylation is 1. The molecule has 2 aliphatic heterocycles. The molecule has 0 radical (unpaired) electrons. The fourth-order valence-electron chi connectivity index (χ4n) is 4.67. The number of rotatable bonds is 1. The van der Waals surface area contributed by atoms with E-state index in [-0.39, 0.29) is 28.9 Å². The van der Waals surface area contributed by atoms with Gasteiger partial charge in [-0.1, -0.05) is 24.3 Å². The predicted molar refractivity (Wildman–Crippen MR) is 104 cm³/mol. The Kier molecular flexibility index (Phi) is 3.72. The molecule has 28 heavy (non-hydrogen) atoms. The quantitative estimate of drug-likeness (QED) is 0.642. The number of fused-ring (bicyclic) bond motifs is 5. The Morgan fingerprint density at radius 1 is 1.00 bits per heavy atom. The summed E-state index contributed by atoms with van der Waals surface area (Å²) in [5, 5.41) is 5.37. The lowest BCUT2D eigenvalue weighted by Crippen LogP contribution is -2.49. The first-order valence-corrected chi connectivity index (χ1v) is 9.48. The Bertz CT molecular complexity index is 1230. The van der Waals surface area contributed by atoms with Crippen LogP contribution in [0.3, 0.4) is 0 Å². The summed E-state index contributed by atoms with van der Waals surface area (Å²) >= 11 is 0. The first-order chi connectivity index (χ1) is 13.5. The van der Waals surface area contributed by atoms with Crippen molar-refractivity contribution >= 4 is 16.7 Å². The Morgan fingerprint density at radius 2 is 1.79 bits per heavy atom. The fraction of sp³-hybridized carbons (Fsp3) is 0.333. The van der Waals surface area contributed by atoms with Crippen molar-refractivity contribution in [1.82, 2.24) is 19.2 Å². The van der Waals surface area contributed by atoms with Gasteiger partial charge < -0.3 is 9.47 Å². The number of nitrogens with zero attached hydrogens (tertiary/aromatic N) is 4. The van der Waals surface area contributed by atoms with Crippen molar-refractivity contribution in [3.05, 3.63) is 74.6 Å². The van der Waals surface area contributed by atoms with Gasteiger partial charge in [-0.05, 0) is 24.5 Å². The maximum atomic E-state index is 13.4. The third kappa shape index (κ3) is 2.50. The molecule has 2 atom stereocenters. The number of pyridine rings is 1. The molecule has 1 amide bonds. The molecule has 2 aromatic heterocycles. The highest BCUT2D eigenvalue weighted by Crippen LogP contribution is 2.35. The SMILES string of the molecule is Cn1nc(C(=O)N2C[C@H]3C[C@@H](C2)c2cccc(=O)n2C3)c2ccccc2c1=O. The minimum absolute atomic E-state index is 0.0256. The van der Waals surface area contributed by atoms with E-state index in [0.29, 0.717) is 36.1 Å². The first-order valence-electron chi connectivity index (χ1n) is 9.48. The van der Waals surface area contributed by atoms with E-state index in [4.69, 9.17) is 0 Å². The summed E-state index contributed by atoms with van der Waals surface area (Å²) in [7, 11) is 1.57. The normalized spacial score (nSPS) is 20.8. The first kappa shape index (κ1) is 16.9. The van der Waals surface area contributed by atoms with E-state index in [0.717, 1.165) is 12.1 Å². The molecule has 0 saturated carbocycles. The van der Waals surface area contributed by atoms with E-state index < -0.39 is 0 Å². The largest absolute Gasteiger partial charge is 0.336 e. The van der Waals surface area contributed by atoms with Crippen molar-refractivity contribution in [3.63, 3.8) is 0 Å². The summed E-state index contributed by atoms with van der Waals surface area (Å²) < 4.78 is 3.08. The zero-order valence-electron chi connectivity index (χ0n) is 15.5. The molecule has 2 aliphatic rings. The van der Waals surface area contributed by atoms with Crippen molar-refractivity contribution in [3.8, 4) is 0 Å². The van der Waals surface area contributed by atoms with Crippen LogP contribution in [0, 0.1) is 5.92 Å². The molecule has 7 heteroatoms. The number of carbonyl (C=O) groups excluding carboxylic acids is 1. The second kappa shape index (κ2) is 6.15. The van der Waals surface area contributed by atoms with Crippen LogP contribution < -0.4 is 11.1 Å². The van der Waals surface area contributed by atoms with Gasteiger partial charge >= 0.3 is 0 Å². The number of carbonyl (C=O) groups is 1. The molecule has 0 N–H and O–H groups in total. The van der Waals surface area contributed by atoms with Gasteiger partial charge in [0.2, 0.25) is 0 Å². The summed E-state index contributed by atoms with van der Waals surface area (Å²) in [6.07, 6.45) is 0.981. The Labute approximate surface area is 160 Å². The standard InChI is InChI=1S/C21H20N4O3/c1-23-20(27)16-6-3-2-5-15(16)19(22-23)21(28)24-10-13-9-14(12-24)17-7-4-8-18(26)25(17)11-13/h2-8,13-14H,9-12H2,1H3/t13-,14+/m1/s1. The van der Waals surface area contributed by atoms with Crippen molar-refractivity contribution in [2.24, 2.45) is 13.0 Å². The van der Waals surface area contributed by atoms with Crippen molar-refractivity contribution in [1.29, 1.82) is 0 Å². The Hall–Kier alpha value is -3.22. The van der Waals surface area contributed by atoms with Gasteiger partial charge in [0.25, 0.3) is 17.0 Å². The van der Waals surface area contributed by atoms with Crippen LogP contribution in [0.1, 0.15) is 28.5 Å². The van der Waals surface area contributed by atoms with Gasteiger partial charge in [0.05, 0.1) is 5.39 Å². The molecule has 7 nitrogen and oxygen atoms in total. The van der Waals surface area contributed by atoms with E-state index in [1.807, 2.05) is 21.6 Å². The van der Waals surface area contributed by atoms with E-state index in [2.05, 4.69) is 5.10 Å². The van der Waals surface area contributed by atoms with E-state index in [9.17, 15) is 14.4 Å². The van der Waals surface area contributed by atoms with Crippen LogP contribution >= 0.6 is 0 Å². The number of benzene rings is 1. The molecule has 3 aromatic rings. The van der Waals surface area contributed by atoms with E-state index in [1.54, 1.807) is 37.4 Å². The van der Waals surface area contributed by atoms with Crippen LogP contribution in [0.15, 0.2) is 52.1 Å². The molecule has 5 rings (SSSR count). The summed E-state index contributed by atoms with van der Waals surface area (Å²) in [6, 6.07) is 12.5. The number of piperidine rings is 1. The second-order valence-electron chi connectivity index (χ2n) is 7.73. The summed E-state index contributed by atoms with van der Waals surface area (Å²) in [5.74, 6) is 0.228. The predicted octanol–water partition coefficient (Wildman–Crippen LogP) is 1.35. The minimum Gasteiger partial charge on any atom is -0.336 e. The molecule has 0 aliphatic carbocycles.